The second-order valence-corrected chi connectivity index (χ2v) is 3.91. The van der Waals surface area contributed by atoms with Crippen molar-refractivity contribution in [1.29, 1.82) is 0 Å². The van der Waals surface area contributed by atoms with Gasteiger partial charge in [-0.25, -0.2) is 4.63 Å². The van der Waals surface area contributed by atoms with Gasteiger partial charge in [0.15, 0.2) is 0 Å². The van der Waals surface area contributed by atoms with Crippen LogP contribution in [0.25, 0.3) is 0 Å². The van der Waals surface area contributed by atoms with E-state index >= 15 is 0 Å². The molecular weight excluding hydrogens is 218 g/mol. The van der Waals surface area contributed by atoms with Crippen LogP contribution in [0, 0.1) is 6.92 Å². The third kappa shape index (κ3) is 2.62. The SMILES string of the molecule is Cc1nonc1COc1ccccc1[C@H](C)N. The van der Waals surface area contributed by atoms with Crippen molar-refractivity contribution in [1.82, 2.24) is 10.3 Å². The first-order valence-electron chi connectivity index (χ1n) is 5.44. The van der Waals surface area contributed by atoms with Crippen molar-refractivity contribution in [3.05, 3.63) is 41.2 Å². The highest BCUT2D eigenvalue weighted by Crippen LogP contribution is 2.24. The van der Waals surface area contributed by atoms with Crippen LogP contribution in [0.1, 0.15) is 29.9 Å². The number of rotatable bonds is 4. The molecule has 2 rings (SSSR count). The van der Waals surface area contributed by atoms with Gasteiger partial charge in [0, 0.05) is 11.6 Å². The first-order valence-corrected chi connectivity index (χ1v) is 5.44. The number of aryl methyl sites for hydroxylation is 1. The predicted octanol–water partition coefficient (Wildman–Crippen LogP) is 1.98. The molecule has 5 nitrogen and oxygen atoms in total. The lowest BCUT2D eigenvalue weighted by Gasteiger charge is -2.12. The number of aromatic nitrogens is 2. The fraction of sp³-hybridized carbons (Fsp3) is 0.333. The number of nitrogens with zero attached hydrogens (tertiary/aromatic N) is 2. The molecule has 17 heavy (non-hydrogen) atoms. The quantitative estimate of drug-likeness (QED) is 0.873. The van der Waals surface area contributed by atoms with Crippen molar-refractivity contribution in [3.8, 4) is 5.75 Å². The lowest BCUT2D eigenvalue weighted by molar-refractivity contribution is 0.268. The summed E-state index contributed by atoms with van der Waals surface area (Å²) in [6.45, 7) is 4.08. The average Bonchev–Trinajstić information content (AvgIpc) is 2.72. The molecule has 0 aliphatic carbocycles. The largest absolute Gasteiger partial charge is 0.487 e. The molecule has 0 spiro atoms. The van der Waals surface area contributed by atoms with Gasteiger partial charge < -0.3 is 10.5 Å². The Morgan fingerprint density at radius 3 is 2.76 bits per heavy atom. The zero-order valence-corrected chi connectivity index (χ0v) is 9.88. The van der Waals surface area contributed by atoms with E-state index in [1.54, 1.807) is 0 Å². The smallest absolute Gasteiger partial charge is 0.145 e. The van der Waals surface area contributed by atoms with Crippen molar-refractivity contribution in [3.63, 3.8) is 0 Å². The molecule has 0 fully saturated rings. The van der Waals surface area contributed by atoms with Crippen LogP contribution < -0.4 is 10.5 Å². The zero-order valence-electron chi connectivity index (χ0n) is 9.88. The van der Waals surface area contributed by atoms with Crippen LogP contribution in [0.3, 0.4) is 0 Å². The second kappa shape index (κ2) is 4.97. The van der Waals surface area contributed by atoms with E-state index in [2.05, 4.69) is 14.9 Å². The standard InChI is InChI=1S/C12H15N3O2/c1-8(13)10-5-3-4-6-12(10)16-7-11-9(2)14-17-15-11/h3-6,8H,7,13H2,1-2H3/t8-/m0/s1. The Balaban J connectivity index is 2.11. The van der Waals surface area contributed by atoms with Gasteiger partial charge >= 0.3 is 0 Å². The van der Waals surface area contributed by atoms with Crippen LogP contribution in [0.4, 0.5) is 0 Å². The number of benzene rings is 1. The van der Waals surface area contributed by atoms with Gasteiger partial charge in [-0.05, 0) is 19.9 Å². The van der Waals surface area contributed by atoms with Crippen LogP contribution in [0.15, 0.2) is 28.9 Å². The maximum atomic E-state index is 5.87. The Labute approximate surface area is 99.5 Å². The molecule has 0 saturated carbocycles. The van der Waals surface area contributed by atoms with Crippen LogP contribution in [0.5, 0.6) is 5.75 Å². The minimum absolute atomic E-state index is 0.0669. The zero-order chi connectivity index (χ0) is 12.3. The number of nitrogens with two attached hydrogens (primary N) is 1. The summed E-state index contributed by atoms with van der Waals surface area (Å²) in [5.41, 5.74) is 8.28. The molecule has 0 aliphatic rings. The highest BCUT2D eigenvalue weighted by atomic mass is 16.6. The average molecular weight is 233 g/mol. The number of ether oxygens (including phenoxy) is 1. The van der Waals surface area contributed by atoms with E-state index < -0.39 is 0 Å². The van der Waals surface area contributed by atoms with Crippen molar-refractivity contribution < 1.29 is 9.37 Å². The molecular formula is C12H15N3O2. The molecule has 1 heterocycles. The van der Waals surface area contributed by atoms with Gasteiger partial charge in [-0.2, -0.15) is 0 Å². The van der Waals surface area contributed by atoms with Crippen molar-refractivity contribution in [2.75, 3.05) is 0 Å². The molecule has 2 N–H and O–H groups in total. The van der Waals surface area contributed by atoms with Gasteiger partial charge in [0.2, 0.25) is 0 Å². The molecule has 2 aromatic rings. The molecule has 0 unspecified atom stereocenters. The predicted molar refractivity (Wildman–Crippen MR) is 62.4 cm³/mol. The molecule has 5 heteroatoms. The minimum Gasteiger partial charge on any atom is -0.487 e. The Bertz CT molecular complexity index is 494. The lowest BCUT2D eigenvalue weighted by Crippen LogP contribution is -2.08. The third-order valence-electron chi connectivity index (χ3n) is 2.52. The molecule has 0 aliphatic heterocycles. The Morgan fingerprint density at radius 1 is 1.35 bits per heavy atom. The molecule has 0 radical (unpaired) electrons. The number of hydrogen-bond acceptors (Lipinski definition) is 5. The van der Waals surface area contributed by atoms with Gasteiger partial charge in [0.05, 0.1) is 0 Å². The normalized spacial score (nSPS) is 12.4. The van der Waals surface area contributed by atoms with E-state index in [1.165, 1.54) is 0 Å². The summed E-state index contributed by atoms with van der Waals surface area (Å²) in [6, 6.07) is 7.63. The minimum atomic E-state index is -0.0669. The van der Waals surface area contributed by atoms with Crippen LogP contribution in [-0.4, -0.2) is 10.3 Å². The van der Waals surface area contributed by atoms with E-state index in [-0.39, 0.29) is 6.04 Å². The molecule has 0 bridgehead atoms. The summed E-state index contributed by atoms with van der Waals surface area (Å²) >= 11 is 0. The fourth-order valence-electron chi connectivity index (χ4n) is 1.51. The summed E-state index contributed by atoms with van der Waals surface area (Å²) in [5.74, 6) is 0.768. The highest BCUT2D eigenvalue weighted by molar-refractivity contribution is 5.35. The first-order chi connectivity index (χ1) is 8.18. The van der Waals surface area contributed by atoms with Gasteiger partial charge in [-0.3, -0.25) is 0 Å². The van der Waals surface area contributed by atoms with Gasteiger partial charge in [0.25, 0.3) is 0 Å². The van der Waals surface area contributed by atoms with Gasteiger partial charge in [-0.15, -0.1) is 0 Å². The third-order valence-corrected chi connectivity index (χ3v) is 2.52. The van der Waals surface area contributed by atoms with Crippen molar-refractivity contribution in [2.24, 2.45) is 5.73 Å². The molecule has 0 amide bonds. The maximum absolute atomic E-state index is 5.87. The maximum Gasteiger partial charge on any atom is 0.145 e. The Hall–Kier alpha value is -1.88. The van der Waals surface area contributed by atoms with E-state index in [9.17, 15) is 0 Å². The van der Waals surface area contributed by atoms with Gasteiger partial charge in [0.1, 0.15) is 23.7 Å². The molecule has 0 saturated heterocycles. The second-order valence-electron chi connectivity index (χ2n) is 3.91. The van der Waals surface area contributed by atoms with Crippen molar-refractivity contribution in [2.45, 2.75) is 26.5 Å². The molecule has 1 atom stereocenters. The summed E-state index contributed by atoms with van der Waals surface area (Å²) < 4.78 is 10.3. The molecule has 1 aromatic carbocycles. The van der Waals surface area contributed by atoms with E-state index in [0.29, 0.717) is 12.3 Å². The van der Waals surface area contributed by atoms with Crippen LogP contribution >= 0.6 is 0 Å². The van der Waals surface area contributed by atoms with E-state index in [0.717, 1.165) is 17.0 Å². The Kier molecular flexibility index (Phi) is 3.39. The Morgan fingerprint density at radius 2 is 2.12 bits per heavy atom. The molecule has 90 valence electrons. The number of hydrogen-bond donors (Lipinski definition) is 1. The topological polar surface area (TPSA) is 74.2 Å². The summed E-state index contributed by atoms with van der Waals surface area (Å²) in [7, 11) is 0. The van der Waals surface area contributed by atoms with Crippen LogP contribution in [-0.2, 0) is 6.61 Å². The van der Waals surface area contributed by atoms with Crippen molar-refractivity contribution >= 4 is 0 Å². The monoisotopic (exact) mass is 233 g/mol. The number of para-hydroxylation sites is 1. The lowest BCUT2D eigenvalue weighted by atomic mass is 10.1. The van der Waals surface area contributed by atoms with E-state index in [1.807, 2.05) is 38.1 Å². The van der Waals surface area contributed by atoms with E-state index in [4.69, 9.17) is 10.5 Å². The summed E-state index contributed by atoms with van der Waals surface area (Å²) in [6.07, 6.45) is 0. The van der Waals surface area contributed by atoms with Crippen LogP contribution in [0.2, 0.25) is 0 Å². The summed E-state index contributed by atoms with van der Waals surface area (Å²) in [4.78, 5) is 0. The van der Waals surface area contributed by atoms with Gasteiger partial charge in [-0.1, -0.05) is 28.5 Å². The molecule has 1 aromatic heterocycles. The fourth-order valence-corrected chi connectivity index (χ4v) is 1.51. The summed E-state index contributed by atoms with van der Waals surface area (Å²) in [5, 5.41) is 7.46. The first kappa shape index (κ1) is 11.6. The highest BCUT2D eigenvalue weighted by Gasteiger charge is 2.10.